The second kappa shape index (κ2) is 16.1. The van der Waals surface area contributed by atoms with Crippen molar-refractivity contribution in [1.29, 1.82) is 0 Å². The van der Waals surface area contributed by atoms with Crippen LogP contribution < -0.4 is 10.9 Å². The molecule has 0 saturated carbocycles. The lowest BCUT2D eigenvalue weighted by Gasteiger charge is -2.26. The molecule has 0 aliphatic heterocycles. The van der Waals surface area contributed by atoms with Crippen molar-refractivity contribution in [2.75, 3.05) is 33.3 Å². The van der Waals surface area contributed by atoms with E-state index >= 15 is 0 Å². The molecule has 258 valence electrons. The molecular formula is C40H42N4O6. The van der Waals surface area contributed by atoms with E-state index in [2.05, 4.69) is 44.5 Å². The molecular weight excluding hydrogens is 632 g/mol. The van der Waals surface area contributed by atoms with Gasteiger partial charge in [0.1, 0.15) is 11.5 Å². The zero-order valence-corrected chi connectivity index (χ0v) is 28.0. The summed E-state index contributed by atoms with van der Waals surface area (Å²) in [6, 6.07) is 33.3. The first-order valence-electron chi connectivity index (χ1n) is 16.7. The van der Waals surface area contributed by atoms with Crippen LogP contribution in [0.1, 0.15) is 45.6 Å². The fraction of sp³-hybridized carbons (Fsp3) is 0.250. The molecule has 6 aromatic rings. The Hall–Kier alpha value is -5.10. The minimum Gasteiger partial charge on any atom is -0.506 e. The van der Waals surface area contributed by atoms with E-state index in [0.717, 1.165) is 12.0 Å². The Labute approximate surface area is 290 Å². The third kappa shape index (κ3) is 8.19. The number of pyridine rings is 1. The predicted molar refractivity (Wildman–Crippen MR) is 192 cm³/mol. The number of hydrogen-bond donors (Lipinski definition) is 5. The van der Waals surface area contributed by atoms with Crippen LogP contribution in [-0.2, 0) is 29.9 Å². The number of aliphatic hydroxyl groups is 2. The number of hydrogen-bond acceptors (Lipinski definition) is 9. The molecule has 2 aromatic heterocycles. The Bertz CT molecular complexity index is 1990. The molecule has 10 heteroatoms. The number of rotatable bonds is 16. The molecule has 0 radical (unpaired) electrons. The van der Waals surface area contributed by atoms with Gasteiger partial charge in [0.15, 0.2) is 5.60 Å². The lowest BCUT2D eigenvalue weighted by atomic mass is 9.86. The average molecular weight is 675 g/mol. The number of oxazole rings is 1. The molecule has 0 amide bonds. The molecule has 1 atom stereocenters. The normalized spacial score (nSPS) is 12.5. The minimum absolute atomic E-state index is 0.0290. The van der Waals surface area contributed by atoms with Gasteiger partial charge in [0.25, 0.3) is 0 Å². The summed E-state index contributed by atoms with van der Waals surface area (Å²) in [6.07, 6.45) is 1.67. The van der Waals surface area contributed by atoms with E-state index in [1.807, 2.05) is 67.7 Å². The highest BCUT2D eigenvalue weighted by Crippen LogP contribution is 2.36. The second-order valence-corrected chi connectivity index (χ2v) is 12.4. The summed E-state index contributed by atoms with van der Waals surface area (Å²) in [5, 5.41) is 36.7. The Morgan fingerprint density at radius 3 is 2.30 bits per heavy atom. The monoisotopic (exact) mass is 674 g/mol. The summed E-state index contributed by atoms with van der Waals surface area (Å²) in [6.45, 7) is 3.25. The smallest absolute Gasteiger partial charge is 0.248 e. The second-order valence-electron chi connectivity index (χ2n) is 12.4. The van der Waals surface area contributed by atoms with Crippen LogP contribution >= 0.6 is 0 Å². The van der Waals surface area contributed by atoms with Gasteiger partial charge in [0, 0.05) is 24.5 Å². The molecule has 0 saturated heterocycles. The number of aromatic hydroxyl groups is 1. The number of aromatic nitrogens is 2. The van der Waals surface area contributed by atoms with E-state index in [1.54, 1.807) is 18.3 Å². The van der Waals surface area contributed by atoms with Crippen molar-refractivity contribution in [2.45, 2.75) is 31.3 Å². The fourth-order valence-corrected chi connectivity index (χ4v) is 6.01. The molecule has 0 fully saturated rings. The summed E-state index contributed by atoms with van der Waals surface area (Å²) in [5.41, 5.74) is 2.76. The quantitative estimate of drug-likeness (QED) is 0.0895. The number of aliphatic hydroxyl groups excluding tert-OH is 1. The van der Waals surface area contributed by atoms with Gasteiger partial charge in [0.2, 0.25) is 11.4 Å². The Morgan fingerprint density at radius 2 is 1.60 bits per heavy atom. The van der Waals surface area contributed by atoms with Gasteiger partial charge in [-0.25, -0.2) is 4.98 Å². The van der Waals surface area contributed by atoms with Gasteiger partial charge in [-0.05, 0) is 60.0 Å². The summed E-state index contributed by atoms with van der Waals surface area (Å²) < 4.78 is 12.1. The number of ether oxygens (including phenoxy) is 1. The van der Waals surface area contributed by atoms with Crippen LogP contribution in [0, 0.1) is 0 Å². The van der Waals surface area contributed by atoms with Crippen LogP contribution in [0.25, 0.3) is 10.9 Å². The van der Waals surface area contributed by atoms with Crippen molar-refractivity contribution in [2.24, 2.45) is 0 Å². The van der Waals surface area contributed by atoms with E-state index in [9.17, 15) is 20.1 Å². The zero-order valence-electron chi connectivity index (χ0n) is 28.0. The number of aromatic amines is 1. The highest BCUT2D eigenvalue weighted by molar-refractivity contribution is 5.87. The van der Waals surface area contributed by atoms with Crippen molar-refractivity contribution in [1.82, 2.24) is 20.2 Å². The van der Waals surface area contributed by atoms with Gasteiger partial charge >= 0.3 is 0 Å². The molecule has 0 aliphatic carbocycles. The lowest BCUT2D eigenvalue weighted by molar-refractivity contribution is 0.0852. The summed E-state index contributed by atoms with van der Waals surface area (Å²) >= 11 is 0. The Kier molecular flexibility index (Phi) is 11.2. The zero-order chi connectivity index (χ0) is 34.9. The van der Waals surface area contributed by atoms with Crippen LogP contribution in [0.4, 0.5) is 0 Å². The SMILES string of the molecule is CN(CCOCc1ccc(CCNC[C@H](O)c2ccc(O)c3[nH]c(=O)ccc23)cc1)Cc1cnc(C(O)(c2ccccc2)c2ccccc2)o1. The van der Waals surface area contributed by atoms with Gasteiger partial charge in [-0.2, -0.15) is 0 Å². The van der Waals surface area contributed by atoms with Gasteiger partial charge < -0.3 is 34.8 Å². The van der Waals surface area contributed by atoms with Crippen molar-refractivity contribution in [3.05, 3.63) is 165 Å². The maximum Gasteiger partial charge on any atom is 0.248 e. The summed E-state index contributed by atoms with van der Waals surface area (Å²) in [5.74, 6) is 0.853. The van der Waals surface area contributed by atoms with Crippen molar-refractivity contribution < 1.29 is 24.5 Å². The van der Waals surface area contributed by atoms with Crippen LogP contribution in [0.2, 0.25) is 0 Å². The number of likely N-dealkylation sites (N-methyl/N-ethyl adjacent to an activating group) is 1. The van der Waals surface area contributed by atoms with Crippen LogP contribution in [0.3, 0.4) is 0 Å². The van der Waals surface area contributed by atoms with Gasteiger partial charge in [0.05, 0.1) is 37.6 Å². The summed E-state index contributed by atoms with van der Waals surface area (Å²) in [4.78, 5) is 20.9. The lowest BCUT2D eigenvalue weighted by Crippen LogP contribution is -2.29. The molecule has 0 aliphatic rings. The highest BCUT2D eigenvalue weighted by Gasteiger charge is 2.38. The number of fused-ring (bicyclic) bond motifs is 1. The van der Waals surface area contributed by atoms with E-state index in [4.69, 9.17) is 9.15 Å². The Morgan fingerprint density at radius 1 is 0.920 bits per heavy atom. The molecule has 4 aromatic carbocycles. The van der Waals surface area contributed by atoms with E-state index in [0.29, 0.717) is 72.7 Å². The number of benzene rings is 4. The molecule has 6 rings (SSSR count). The van der Waals surface area contributed by atoms with Gasteiger partial charge in [-0.3, -0.25) is 9.69 Å². The third-order valence-corrected chi connectivity index (χ3v) is 8.77. The fourth-order valence-electron chi connectivity index (χ4n) is 6.01. The molecule has 2 heterocycles. The molecule has 5 N–H and O–H groups in total. The van der Waals surface area contributed by atoms with Crippen LogP contribution in [-0.4, -0.2) is 63.5 Å². The first-order chi connectivity index (χ1) is 24.3. The number of nitrogens with zero attached hydrogens (tertiary/aromatic N) is 2. The number of nitrogens with one attached hydrogen (secondary N) is 2. The third-order valence-electron chi connectivity index (χ3n) is 8.77. The maximum absolute atomic E-state index is 11.9. The maximum atomic E-state index is 11.9. The number of phenolic OH excluding ortho intramolecular Hbond substituents is 1. The van der Waals surface area contributed by atoms with E-state index < -0.39 is 11.7 Å². The van der Waals surface area contributed by atoms with Crippen LogP contribution in [0.15, 0.2) is 125 Å². The van der Waals surface area contributed by atoms with Crippen molar-refractivity contribution in [3.63, 3.8) is 0 Å². The van der Waals surface area contributed by atoms with Gasteiger partial charge in [-0.15, -0.1) is 0 Å². The largest absolute Gasteiger partial charge is 0.506 e. The van der Waals surface area contributed by atoms with E-state index in [1.165, 1.54) is 17.7 Å². The highest BCUT2D eigenvalue weighted by atomic mass is 16.5. The Balaban J connectivity index is 0.924. The average Bonchev–Trinajstić information content (AvgIpc) is 3.62. The molecule has 0 bridgehead atoms. The molecule has 0 spiro atoms. The molecule has 50 heavy (non-hydrogen) atoms. The predicted octanol–water partition coefficient (Wildman–Crippen LogP) is 5.02. The molecule has 0 unspecified atom stereocenters. The van der Waals surface area contributed by atoms with Crippen LogP contribution in [0.5, 0.6) is 5.75 Å². The molecule has 10 nitrogen and oxygen atoms in total. The number of H-pyrrole nitrogens is 1. The standard InChI is InChI=1S/C40H42N4O6/c1-44(26-32-24-42-39(50-32)40(48,30-8-4-2-5-9-30)31-10-6-3-7-11-31)22-23-49-27-29-14-12-28(13-15-29)20-21-41-25-36(46)33-16-18-35(45)38-34(33)17-19-37(47)43-38/h2-19,24,36,41,45-46,48H,20-23,25-27H2,1H3,(H,43,47)/t36-/m0/s1. The first kappa shape index (κ1) is 34.8. The van der Waals surface area contributed by atoms with Gasteiger partial charge in [-0.1, -0.05) is 91.0 Å². The minimum atomic E-state index is -1.51. The summed E-state index contributed by atoms with van der Waals surface area (Å²) in [7, 11) is 1.99. The van der Waals surface area contributed by atoms with E-state index in [-0.39, 0.29) is 17.2 Å². The first-order valence-corrected chi connectivity index (χ1v) is 16.7. The van der Waals surface area contributed by atoms with Crippen molar-refractivity contribution in [3.8, 4) is 5.75 Å². The van der Waals surface area contributed by atoms with Crippen molar-refractivity contribution >= 4 is 10.9 Å². The number of phenols is 1. The topological polar surface area (TPSA) is 144 Å².